The fourth-order valence-corrected chi connectivity index (χ4v) is 7.01. The van der Waals surface area contributed by atoms with Gasteiger partial charge in [0.2, 0.25) is 5.95 Å². The SMILES string of the molecule is Cc1ccc(CN2CCC(c3cccc(F)n3)CC2)cc1-c1ccc2c(n1)N(C)S(=O)(=O)N2CC1CC1(F)F. The first-order valence-corrected chi connectivity index (χ1v) is 14.5. The number of aryl methyl sites for hydroxylation is 1. The molecule has 0 amide bonds. The monoisotopic (exact) mass is 557 g/mol. The average Bonchev–Trinajstić information content (AvgIpc) is 3.47. The summed E-state index contributed by atoms with van der Waals surface area (Å²) in [4.78, 5) is 11.1. The topological polar surface area (TPSA) is 69.6 Å². The number of aromatic nitrogens is 2. The van der Waals surface area contributed by atoms with Crippen molar-refractivity contribution in [2.45, 2.75) is 44.6 Å². The summed E-state index contributed by atoms with van der Waals surface area (Å²) >= 11 is 0. The zero-order chi connectivity index (χ0) is 27.5. The van der Waals surface area contributed by atoms with Crippen LogP contribution in [0.1, 0.15) is 42.0 Å². The maximum Gasteiger partial charge on any atom is 0.327 e. The molecular formula is C28H30F3N5O2S. The number of piperidine rings is 1. The number of pyridine rings is 2. The Kier molecular flexibility index (Phi) is 6.33. The molecule has 2 fully saturated rings. The quantitative estimate of drug-likeness (QED) is 0.393. The highest BCUT2D eigenvalue weighted by Gasteiger charge is 2.59. The van der Waals surface area contributed by atoms with Crippen molar-refractivity contribution >= 4 is 21.7 Å². The number of rotatable bonds is 6. The third-order valence-corrected chi connectivity index (χ3v) is 9.88. The molecule has 0 bridgehead atoms. The van der Waals surface area contributed by atoms with Crippen LogP contribution < -0.4 is 8.61 Å². The Morgan fingerprint density at radius 2 is 1.79 bits per heavy atom. The number of benzene rings is 1. The Labute approximate surface area is 226 Å². The summed E-state index contributed by atoms with van der Waals surface area (Å²) in [6.07, 6.45) is 1.52. The molecule has 2 aromatic heterocycles. The first-order chi connectivity index (χ1) is 18.5. The average molecular weight is 558 g/mol. The molecule has 0 spiro atoms. The van der Waals surface area contributed by atoms with Gasteiger partial charge < -0.3 is 0 Å². The largest absolute Gasteiger partial charge is 0.327 e. The van der Waals surface area contributed by atoms with Gasteiger partial charge in [-0.1, -0.05) is 18.2 Å². The standard InChI is InChI=1S/C28H30F3N5O2S/c1-18-6-7-19(16-35-12-10-20(11-13-35)23-4-3-5-26(29)32-23)14-22(18)24-8-9-25-27(33-24)34(2)39(37,38)36(25)17-21-15-28(21,30)31/h3-9,14,20-21H,10-13,15-17H2,1-2H3. The summed E-state index contributed by atoms with van der Waals surface area (Å²) in [5, 5.41) is 0. The van der Waals surface area contributed by atoms with E-state index in [0.717, 1.165) is 63.5 Å². The molecule has 206 valence electrons. The highest BCUT2D eigenvalue weighted by atomic mass is 32.2. The predicted molar refractivity (Wildman–Crippen MR) is 144 cm³/mol. The Balaban J connectivity index is 1.19. The second kappa shape index (κ2) is 9.48. The van der Waals surface area contributed by atoms with E-state index in [1.165, 1.54) is 13.1 Å². The molecule has 1 unspecified atom stereocenters. The molecule has 1 saturated heterocycles. The van der Waals surface area contributed by atoms with Gasteiger partial charge in [0, 0.05) is 49.7 Å². The molecule has 3 aliphatic rings. The number of anilines is 2. The first kappa shape index (κ1) is 26.1. The number of hydrogen-bond acceptors (Lipinski definition) is 5. The van der Waals surface area contributed by atoms with Crippen LogP contribution in [-0.2, 0) is 16.8 Å². The minimum atomic E-state index is -3.95. The normalized spacial score (nSPS) is 22.2. The van der Waals surface area contributed by atoms with Gasteiger partial charge in [0.25, 0.3) is 5.92 Å². The molecular weight excluding hydrogens is 527 g/mol. The molecule has 4 heterocycles. The zero-order valence-corrected chi connectivity index (χ0v) is 22.6. The summed E-state index contributed by atoms with van der Waals surface area (Å²) < 4.78 is 68.7. The summed E-state index contributed by atoms with van der Waals surface area (Å²) in [7, 11) is -2.55. The number of hydrogen-bond donors (Lipinski definition) is 0. The van der Waals surface area contributed by atoms with Crippen molar-refractivity contribution in [3.8, 4) is 11.3 Å². The van der Waals surface area contributed by atoms with Crippen molar-refractivity contribution in [3.05, 3.63) is 71.3 Å². The number of nitrogens with zero attached hydrogens (tertiary/aromatic N) is 5. The van der Waals surface area contributed by atoms with Crippen LogP contribution in [0.5, 0.6) is 0 Å². The van der Waals surface area contributed by atoms with Crippen LogP contribution in [0.4, 0.5) is 24.7 Å². The lowest BCUT2D eigenvalue weighted by atomic mass is 9.92. The molecule has 3 aromatic rings. The molecule has 0 N–H and O–H groups in total. The van der Waals surface area contributed by atoms with Crippen LogP contribution in [0.15, 0.2) is 48.5 Å². The van der Waals surface area contributed by atoms with Gasteiger partial charge in [-0.2, -0.15) is 12.8 Å². The van der Waals surface area contributed by atoms with Crippen LogP contribution in [0.25, 0.3) is 11.3 Å². The van der Waals surface area contributed by atoms with Gasteiger partial charge in [0.15, 0.2) is 5.82 Å². The van der Waals surface area contributed by atoms with Gasteiger partial charge in [-0.3, -0.25) is 4.90 Å². The Hall–Kier alpha value is -3.18. The van der Waals surface area contributed by atoms with E-state index in [1.54, 1.807) is 18.2 Å². The predicted octanol–water partition coefficient (Wildman–Crippen LogP) is 5.13. The van der Waals surface area contributed by atoms with Crippen molar-refractivity contribution in [3.63, 3.8) is 0 Å². The van der Waals surface area contributed by atoms with Crippen LogP contribution in [0.3, 0.4) is 0 Å². The Morgan fingerprint density at radius 3 is 2.49 bits per heavy atom. The fourth-order valence-electron chi connectivity index (χ4n) is 5.60. The Bertz CT molecular complexity index is 1530. The van der Waals surface area contributed by atoms with Gasteiger partial charge in [0.05, 0.1) is 11.4 Å². The van der Waals surface area contributed by atoms with Crippen LogP contribution in [0, 0.1) is 18.8 Å². The van der Waals surface area contributed by atoms with E-state index >= 15 is 0 Å². The number of alkyl halides is 2. The van der Waals surface area contributed by atoms with Gasteiger partial charge in [0.1, 0.15) is 0 Å². The summed E-state index contributed by atoms with van der Waals surface area (Å²) in [6, 6.07) is 14.6. The van der Waals surface area contributed by atoms with Gasteiger partial charge in [-0.25, -0.2) is 27.4 Å². The van der Waals surface area contributed by atoms with Crippen molar-refractivity contribution in [1.29, 1.82) is 0 Å². The van der Waals surface area contributed by atoms with E-state index in [9.17, 15) is 21.6 Å². The van der Waals surface area contributed by atoms with Crippen LogP contribution >= 0.6 is 0 Å². The van der Waals surface area contributed by atoms with E-state index < -0.39 is 28.0 Å². The lowest BCUT2D eigenvalue weighted by Crippen LogP contribution is -2.37. The van der Waals surface area contributed by atoms with Crippen LogP contribution in [-0.4, -0.2) is 55.9 Å². The summed E-state index contributed by atoms with van der Waals surface area (Å²) in [5.74, 6) is -3.73. The second-order valence-electron chi connectivity index (χ2n) is 10.8. The molecule has 1 aromatic carbocycles. The van der Waals surface area contributed by atoms with Gasteiger partial charge in [-0.05, 0) is 74.3 Å². The maximum absolute atomic E-state index is 13.6. The van der Waals surface area contributed by atoms with Crippen molar-refractivity contribution in [2.24, 2.45) is 5.92 Å². The number of likely N-dealkylation sites (tertiary alicyclic amines) is 1. The molecule has 1 saturated carbocycles. The lowest BCUT2D eigenvalue weighted by Gasteiger charge is -2.31. The van der Waals surface area contributed by atoms with Gasteiger partial charge >= 0.3 is 10.2 Å². The third kappa shape index (κ3) is 4.86. The molecule has 7 nitrogen and oxygen atoms in total. The third-order valence-electron chi connectivity index (χ3n) is 8.11. The van der Waals surface area contributed by atoms with E-state index in [-0.39, 0.29) is 24.7 Å². The number of halogens is 3. The smallest absolute Gasteiger partial charge is 0.299 e. The van der Waals surface area contributed by atoms with E-state index in [4.69, 9.17) is 0 Å². The highest BCUT2D eigenvalue weighted by molar-refractivity contribution is 7.94. The molecule has 11 heteroatoms. The van der Waals surface area contributed by atoms with Gasteiger partial charge in [-0.15, -0.1) is 0 Å². The lowest BCUT2D eigenvalue weighted by molar-refractivity contribution is 0.101. The fraction of sp³-hybridized carbons (Fsp3) is 0.429. The van der Waals surface area contributed by atoms with Crippen molar-refractivity contribution < 1.29 is 21.6 Å². The molecule has 39 heavy (non-hydrogen) atoms. The summed E-state index contributed by atoms with van der Waals surface area (Å²) in [5.41, 5.74) is 4.77. The molecule has 6 rings (SSSR count). The zero-order valence-electron chi connectivity index (χ0n) is 21.8. The first-order valence-electron chi connectivity index (χ1n) is 13.1. The minimum absolute atomic E-state index is 0.245. The molecule has 1 aliphatic carbocycles. The molecule has 1 atom stereocenters. The second-order valence-corrected chi connectivity index (χ2v) is 12.7. The number of fused-ring (bicyclic) bond motifs is 1. The van der Waals surface area contributed by atoms with Crippen molar-refractivity contribution in [2.75, 3.05) is 35.3 Å². The summed E-state index contributed by atoms with van der Waals surface area (Å²) in [6.45, 7) is 4.23. The Morgan fingerprint density at radius 1 is 1.05 bits per heavy atom. The highest BCUT2D eigenvalue weighted by Crippen LogP contribution is 2.51. The van der Waals surface area contributed by atoms with Crippen LogP contribution in [0.2, 0.25) is 0 Å². The van der Waals surface area contributed by atoms with E-state index in [0.29, 0.717) is 11.4 Å². The van der Waals surface area contributed by atoms with E-state index in [1.807, 2.05) is 19.1 Å². The molecule has 2 aliphatic heterocycles. The molecule has 0 radical (unpaired) electrons. The minimum Gasteiger partial charge on any atom is -0.299 e. The van der Waals surface area contributed by atoms with E-state index in [2.05, 4.69) is 27.0 Å². The maximum atomic E-state index is 13.6. The van der Waals surface area contributed by atoms with Crippen molar-refractivity contribution in [1.82, 2.24) is 14.9 Å².